The lowest BCUT2D eigenvalue weighted by Gasteiger charge is -2.23. The lowest BCUT2D eigenvalue weighted by molar-refractivity contribution is -0.138. The number of rotatable bonds is 7. The first kappa shape index (κ1) is 21.6. The van der Waals surface area contributed by atoms with Gasteiger partial charge in [-0.05, 0) is 29.5 Å². The normalized spacial score (nSPS) is 12.4. The molecule has 0 aliphatic carbocycles. The molecule has 0 radical (unpaired) electrons. The maximum Gasteiger partial charge on any atom is 0.263 e. The van der Waals surface area contributed by atoms with Crippen molar-refractivity contribution in [2.75, 3.05) is 7.05 Å². The zero-order chi connectivity index (χ0) is 21.7. The van der Waals surface area contributed by atoms with Crippen molar-refractivity contribution in [1.82, 2.24) is 15.0 Å². The van der Waals surface area contributed by atoms with Crippen LogP contribution in [0, 0.1) is 0 Å². The molecule has 0 saturated heterocycles. The van der Waals surface area contributed by atoms with E-state index in [4.69, 9.17) is 9.26 Å². The molecule has 0 fully saturated rings. The van der Waals surface area contributed by atoms with Crippen molar-refractivity contribution >= 4 is 5.91 Å². The van der Waals surface area contributed by atoms with Crippen molar-refractivity contribution < 1.29 is 14.1 Å². The molecule has 30 heavy (non-hydrogen) atoms. The van der Waals surface area contributed by atoms with Crippen molar-refractivity contribution in [2.24, 2.45) is 0 Å². The van der Waals surface area contributed by atoms with E-state index in [9.17, 15) is 4.79 Å². The summed E-state index contributed by atoms with van der Waals surface area (Å²) in [6, 6.07) is 17.5. The second kappa shape index (κ2) is 9.11. The Morgan fingerprint density at radius 3 is 2.37 bits per heavy atom. The summed E-state index contributed by atoms with van der Waals surface area (Å²) in [5, 5.41) is 4.00. The third-order valence-electron chi connectivity index (χ3n) is 4.89. The van der Waals surface area contributed by atoms with Crippen LogP contribution in [-0.2, 0) is 16.8 Å². The molecule has 0 unspecified atom stereocenters. The van der Waals surface area contributed by atoms with E-state index >= 15 is 0 Å². The molecule has 158 valence electrons. The number of amides is 1. The monoisotopic (exact) mass is 407 g/mol. The van der Waals surface area contributed by atoms with E-state index in [2.05, 4.69) is 30.9 Å². The van der Waals surface area contributed by atoms with E-state index < -0.39 is 6.10 Å². The number of hydrogen-bond acceptors (Lipinski definition) is 5. The Balaban J connectivity index is 1.63. The maximum atomic E-state index is 12.9. The predicted octanol–water partition coefficient (Wildman–Crippen LogP) is 4.85. The second-order valence-electron chi connectivity index (χ2n) is 8.36. The minimum Gasteiger partial charge on any atom is -0.481 e. The number of nitrogens with zero attached hydrogens (tertiary/aromatic N) is 3. The van der Waals surface area contributed by atoms with Crippen LogP contribution in [0.15, 0.2) is 59.1 Å². The zero-order valence-corrected chi connectivity index (χ0v) is 18.3. The predicted molar refractivity (Wildman–Crippen MR) is 116 cm³/mol. The van der Waals surface area contributed by atoms with Crippen LogP contribution in [0.5, 0.6) is 5.75 Å². The Bertz CT molecular complexity index is 959. The summed E-state index contributed by atoms with van der Waals surface area (Å²) in [6.07, 6.45) is -0.0180. The number of ether oxygens (including phenoxy) is 1. The first-order valence-electron chi connectivity index (χ1n) is 10.2. The molecule has 0 aliphatic heterocycles. The van der Waals surface area contributed by atoms with E-state index in [-0.39, 0.29) is 17.9 Å². The van der Waals surface area contributed by atoms with E-state index in [1.165, 1.54) is 5.56 Å². The van der Waals surface area contributed by atoms with Gasteiger partial charge in [-0.1, -0.05) is 75.3 Å². The molecular formula is C24H29N3O3. The first-order chi connectivity index (χ1) is 14.3. The summed E-state index contributed by atoms with van der Waals surface area (Å²) in [5.74, 6) is 1.44. The Labute approximate surface area is 177 Å². The summed E-state index contributed by atoms with van der Waals surface area (Å²) in [7, 11) is 1.71. The van der Waals surface area contributed by atoms with Gasteiger partial charge >= 0.3 is 0 Å². The Morgan fingerprint density at radius 1 is 1.10 bits per heavy atom. The fraction of sp³-hybridized carbons (Fsp3) is 0.375. The van der Waals surface area contributed by atoms with Gasteiger partial charge in [0.2, 0.25) is 11.7 Å². The van der Waals surface area contributed by atoms with Crippen LogP contribution in [0.3, 0.4) is 0 Å². The third kappa shape index (κ3) is 5.26. The molecule has 1 atom stereocenters. The van der Waals surface area contributed by atoms with E-state index in [0.717, 1.165) is 5.56 Å². The largest absolute Gasteiger partial charge is 0.481 e. The molecule has 0 saturated carbocycles. The topological polar surface area (TPSA) is 68.5 Å². The Morgan fingerprint density at radius 2 is 1.77 bits per heavy atom. The van der Waals surface area contributed by atoms with Gasteiger partial charge < -0.3 is 14.2 Å². The minimum atomic E-state index is -0.577. The summed E-state index contributed by atoms with van der Waals surface area (Å²) in [6.45, 7) is 8.65. The Kier molecular flexibility index (Phi) is 6.55. The zero-order valence-electron chi connectivity index (χ0n) is 18.3. The van der Waals surface area contributed by atoms with Crippen LogP contribution < -0.4 is 4.74 Å². The van der Waals surface area contributed by atoms with E-state index in [0.29, 0.717) is 23.9 Å². The van der Waals surface area contributed by atoms with E-state index in [1.54, 1.807) is 11.9 Å². The summed E-state index contributed by atoms with van der Waals surface area (Å²) in [5.41, 5.74) is 2.16. The summed E-state index contributed by atoms with van der Waals surface area (Å²) >= 11 is 0. The van der Waals surface area contributed by atoms with Crippen LogP contribution in [0.4, 0.5) is 0 Å². The van der Waals surface area contributed by atoms with E-state index in [1.807, 2.05) is 61.5 Å². The van der Waals surface area contributed by atoms with Crippen LogP contribution in [0.25, 0.3) is 11.4 Å². The molecule has 3 aromatic rings. The SMILES string of the molecule is CC[C@@H](Oc1ccc(C(C)(C)C)cc1)C(=O)N(C)Cc1nc(-c2ccccc2)no1. The standard InChI is InChI=1S/C24H29N3O3/c1-6-20(29-19-14-12-18(13-15-19)24(2,3)4)23(28)27(5)16-21-25-22(26-30-21)17-10-8-7-9-11-17/h7-15,20H,6,16H2,1-5H3/t20-/m1/s1. The average Bonchev–Trinajstić information content (AvgIpc) is 3.20. The van der Waals surface area contributed by atoms with Gasteiger partial charge in [0, 0.05) is 12.6 Å². The van der Waals surface area contributed by atoms with Gasteiger partial charge in [-0.3, -0.25) is 4.79 Å². The fourth-order valence-electron chi connectivity index (χ4n) is 3.06. The van der Waals surface area contributed by atoms with Crippen LogP contribution in [0.2, 0.25) is 0 Å². The molecule has 6 heteroatoms. The summed E-state index contributed by atoms with van der Waals surface area (Å²) < 4.78 is 11.3. The van der Waals surface area contributed by atoms with Crippen LogP contribution in [0.1, 0.15) is 45.6 Å². The number of carbonyl (C=O) groups excluding carboxylic acids is 1. The smallest absolute Gasteiger partial charge is 0.263 e. The van der Waals surface area contributed by atoms with Gasteiger partial charge in [0.15, 0.2) is 6.10 Å². The van der Waals surface area contributed by atoms with Crippen LogP contribution in [-0.4, -0.2) is 34.1 Å². The molecule has 0 aliphatic rings. The molecule has 0 spiro atoms. The van der Waals surface area contributed by atoms with Gasteiger partial charge in [0.1, 0.15) is 5.75 Å². The lowest BCUT2D eigenvalue weighted by Crippen LogP contribution is -2.39. The summed E-state index contributed by atoms with van der Waals surface area (Å²) in [4.78, 5) is 18.8. The fourth-order valence-corrected chi connectivity index (χ4v) is 3.06. The second-order valence-corrected chi connectivity index (χ2v) is 8.36. The number of hydrogen-bond donors (Lipinski definition) is 0. The van der Waals surface area contributed by atoms with Crippen molar-refractivity contribution in [2.45, 2.75) is 52.2 Å². The molecule has 1 aromatic heterocycles. The molecular weight excluding hydrogens is 378 g/mol. The first-order valence-corrected chi connectivity index (χ1v) is 10.2. The van der Waals surface area contributed by atoms with Gasteiger partial charge in [0.05, 0.1) is 6.54 Å². The highest BCUT2D eigenvalue weighted by Gasteiger charge is 2.24. The molecule has 1 amide bonds. The van der Waals surface area contributed by atoms with Gasteiger partial charge in [-0.2, -0.15) is 4.98 Å². The molecule has 0 N–H and O–H groups in total. The van der Waals surface area contributed by atoms with Crippen molar-refractivity contribution in [3.63, 3.8) is 0 Å². The molecule has 6 nitrogen and oxygen atoms in total. The number of carbonyl (C=O) groups is 1. The number of benzene rings is 2. The van der Waals surface area contributed by atoms with Gasteiger partial charge in [0.25, 0.3) is 5.91 Å². The molecule has 2 aromatic carbocycles. The molecule has 3 rings (SSSR count). The number of likely N-dealkylation sites (N-methyl/N-ethyl adjacent to an activating group) is 1. The quantitative estimate of drug-likeness (QED) is 0.560. The maximum absolute atomic E-state index is 12.9. The minimum absolute atomic E-state index is 0.0708. The highest BCUT2D eigenvalue weighted by Crippen LogP contribution is 2.25. The van der Waals surface area contributed by atoms with Crippen LogP contribution >= 0.6 is 0 Å². The Hall–Kier alpha value is -3.15. The molecule has 1 heterocycles. The lowest BCUT2D eigenvalue weighted by atomic mass is 9.87. The molecule has 0 bridgehead atoms. The third-order valence-corrected chi connectivity index (χ3v) is 4.89. The van der Waals surface area contributed by atoms with Crippen molar-refractivity contribution in [3.8, 4) is 17.1 Å². The van der Waals surface area contributed by atoms with Crippen molar-refractivity contribution in [3.05, 3.63) is 66.1 Å². The van der Waals surface area contributed by atoms with Gasteiger partial charge in [-0.15, -0.1) is 0 Å². The number of aromatic nitrogens is 2. The van der Waals surface area contributed by atoms with Gasteiger partial charge in [-0.25, -0.2) is 0 Å². The highest BCUT2D eigenvalue weighted by molar-refractivity contribution is 5.81. The highest BCUT2D eigenvalue weighted by atomic mass is 16.5. The average molecular weight is 408 g/mol. The van der Waals surface area contributed by atoms with Crippen molar-refractivity contribution in [1.29, 1.82) is 0 Å².